The van der Waals surface area contributed by atoms with Gasteiger partial charge in [0.05, 0.1) is 0 Å². The normalized spacial score (nSPS) is 12.9. The minimum absolute atomic E-state index is 0.0309. The first-order chi connectivity index (χ1) is 9.15. The quantitative estimate of drug-likeness (QED) is 0.353. The molecule has 0 rings (SSSR count). The van der Waals surface area contributed by atoms with Gasteiger partial charge < -0.3 is 5.11 Å². The number of hydrogen-bond donors (Lipinski definition) is 1. The second-order valence-electron chi connectivity index (χ2n) is 4.40. The van der Waals surface area contributed by atoms with Crippen molar-refractivity contribution in [1.29, 1.82) is 0 Å². The summed E-state index contributed by atoms with van der Waals surface area (Å²) < 4.78 is 0. The second-order valence-corrected chi connectivity index (χ2v) is 4.40. The number of nitrogens with zero attached hydrogens (tertiary/aromatic N) is 2. The molecule has 0 saturated carbocycles. The van der Waals surface area contributed by atoms with E-state index in [1.807, 2.05) is 6.92 Å². The molecule has 1 N–H and O–H groups in total. The maximum atomic E-state index is 10.4. The molecule has 106 valence electrons. The summed E-state index contributed by atoms with van der Waals surface area (Å²) in [5.74, 6) is -0.852. The molecule has 0 aromatic rings. The van der Waals surface area contributed by atoms with Gasteiger partial charge >= 0.3 is 5.97 Å². The highest BCUT2D eigenvalue weighted by Gasteiger charge is 2.19. The third kappa shape index (κ3) is 8.89. The monoisotopic (exact) mass is 268 g/mol. The van der Waals surface area contributed by atoms with Crippen molar-refractivity contribution in [3.05, 3.63) is 0 Å². The van der Waals surface area contributed by atoms with Crippen molar-refractivity contribution in [2.75, 3.05) is 0 Å². The highest BCUT2D eigenvalue weighted by Crippen LogP contribution is 2.23. The Labute approximate surface area is 112 Å². The summed E-state index contributed by atoms with van der Waals surface area (Å²) in [6.07, 6.45) is 6.95. The van der Waals surface area contributed by atoms with Crippen LogP contribution in [0.2, 0.25) is 0 Å². The molecule has 0 aromatic carbocycles. The SMILES string of the molecule is CCCCC(CCCCC(=O)O)C(N=C=O)N=C=O. The van der Waals surface area contributed by atoms with Gasteiger partial charge in [-0.05, 0) is 19.3 Å². The first kappa shape index (κ1) is 17.2. The Hall–Kier alpha value is -1.77. The van der Waals surface area contributed by atoms with Gasteiger partial charge in [-0.3, -0.25) is 4.79 Å². The van der Waals surface area contributed by atoms with Crippen LogP contribution in [0.4, 0.5) is 0 Å². The van der Waals surface area contributed by atoms with Crippen molar-refractivity contribution in [2.24, 2.45) is 15.9 Å². The second kappa shape index (κ2) is 11.3. The maximum absolute atomic E-state index is 10.4. The molecule has 0 aromatic heterocycles. The van der Waals surface area contributed by atoms with E-state index in [-0.39, 0.29) is 12.3 Å². The number of hydrogen-bond acceptors (Lipinski definition) is 5. The molecule has 0 radical (unpaired) electrons. The maximum Gasteiger partial charge on any atom is 0.303 e. The van der Waals surface area contributed by atoms with Crippen molar-refractivity contribution >= 4 is 18.1 Å². The number of carbonyl (C=O) groups excluding carboxylic acids is 2. The number of carboxylic acids is 1. The molecule has 0 fully saturated rings. The number of carbonyl (C=O) groups is 1. The molecule has 0 spiro atoms. The number of unbranched alkanes of at least 4 members (excludes halogenated alkanes) is 2. The lowest BCUT2D eigenvalue weighted by atomic mass is 9.93. The Bertz CT molecular complexity index is 340. The number of carboxylic acid groups (broad SMARTS) is 1. The molecule has 1 unspecified atom stereocenters. The molecule has 0 aliphatic carbocycles. The van der Waals surface area contributed by atoms with E-state index < -0.39 is 12.1 Å². The van der Waals surface area contributed by atoms with Gasteiger partial charge in [0.25, 0.3) is 0 Å². The molecule has 0 saturated heterocycles. The van der Waals surface area contributed by atoms with Crippen LogP contribution in [-0.2, 0) is 14.4 Å². The standard InChI is InChI=1S/C13H20N2O4/c1-2-3-6-11(7-4-5-8-12(18)19)13(14-9-16)15-10-17/h11,13H,2-8H2,1H3,(H,18,19). The van der Waals surface area contributed by atoms with Crippen molar-refractivity contribution in [3.63, 3.8) is 0 Å². The Kier molecular flexibility index (Phi) is 10.3. The smallest absolute Gasteiger partial charge is 0.303 e. The largest absolute Gasteiger partial charge is 0.481 e. The Balaban J connectivity index is 4.44. The Morgan fingerprint density at radius 2 is 1.68 bits per heavy atom. The van der Waals surface area contributed by atoms with E-state index in [1.165, 1.54) is 12.2 Å². The van der Waals surface area contributed by atoms with Gasteiger partial charge in [0, 0.05) is 12.3 Å². The molecular weight excluding hydrogens is 248 g/mol. The minimum atomic E-state index is -0.821. The zero-order valence-corrected chi connectivity index (χ0v) is 11.2. The molecule has 19 heavy (non-hydrogen) atoms. The Morgan fingerprint density at radius 3 is 2.16 bits per heavy atom. The summed E-state index contributed by atoms with van der Waals surface area (Å²) >= 11 is 0. The molecule has 0 aliphatic heterocycles. The van der Waals surface area contributed by atoms with Crippen LogP contribution in [0.3, 0.4) is 0 Å². The summed E-state index contributed by atoms with van der Waals surface area (Å²) in [5, 5.41) is 8.56. The van der Waals surface area contributed by atoms with E-state index in [4.69, 9.17) is 5.11 Å². The summed E-state index contributed by atoms with van der Waals surface area (Å²) in [5.41, 5.74) is 0. The van der Waals surface area contributed by atoms with Crippen LogP contribution >= 0.6 is 0 Å². The van der Waals surface area contributed by atoms with Gasteiger partial charge in [0.15, 0.2) is 6.17 Å². The lowest BCUT2D eigenvalue weighted by Gasteiger charge is -2.18. The first-order valence-electron chi connectivity index (χ1n) is 6.51. The van der Waals surface area contributed by atoms with Gasteiger partial charge in [-0.2, -0.15) is 9.98 Å². The van der Waals surface area contributed by atoms with Crippen molar-refractivity contribution in [1.82, 2.24) is 0 Å². The summed E-state index contributed by atoms with van der Waals surface area (Å²) in [4.78, 5) is 38.1. The van der Waals surface area contributed by atoms with Crippen LogP contribution in [0.1, 0.15) is 51.9 Å². The van der Waals surface area contributed by atoms with Crippen LogP contribution in [-0.4, -0.2) is 29.4 Å². The summed E-state index contributed by atoms with van der Waals surface area (Å²) in [6.45, 7) is 2.04. The predicted molar refractivity (Wildman–Crippen MR) is 69.1 cm³/mol. The van der Waals surface area contributed by atoms with E-state index in [0.717, 1.165) is 19.3 Å². The molecule has 0 bridgehead atoms. The van der Waals surface area contributed by atoms with Crippen LogP contribution < -0.4 is 0 Å². The zero-order chi connectivity index (χ0) is 14.5. The highest BCUT2D eigenvalue weighted by atomic mass is 16.4. The summed E-state index contributed by atoms with van der Waals surface area (Å²) in [6, 6.07) is 0. The van der Waals surface area contributed by atoms with Gasteiger partial charge in [0.1, 0.15) is 0 Å². The minimum Gasteiger partial charge on any atom is -0.481 e. The third-order valence-electron chi connectivity index (χ3n) is 2.94. The average molecular weight is 268 g/mol. The number of aliphatic imine (C=N–C) groups is 2. The van der Waals surface area contributed by atoms with Gasteiger partial charge in [-0.25, -0.2) is 9.59 Å². The fraction of sp³-hybridized carbons (Fsp3) is 0.769. The average Bonchev–Trinajstić information content (AvgIpc) is 2.37. The number of rotatable bonds is 11. The lowest BCUT2D eigenvalue weighted by Crippen LogP contribution is -2.17. The molecule has 0 aliphatic rings. The highest BCUT2D eigenvalue weighted by molar-refractivity contribution is 5.66. The number of aliphatic carboxylic acids is 1. The van der Waals surface area contributed by atoms with E-state index in [9.17, 15) is 14.4 Å². The summed E-state index contributed by atoms with van der Waals surface area (Å²) in [7, 11) is 0. The van der Waals surface area contributed by atoms with Gasteiger partial charge in [-0.15, -0.1) is 0 Å². The van der Waals surface area contributed by atoms with Crippen molar-refractivity contribution in [2.45, 2.75) is 58.0 Å². The van der Waals surface area contributed by atoms with Crippen molar-refractivity contribution < 1.29 is 19.5 Å². The fourth-order valence-corrected chi connectivity index (χ4v) is 1.94. The van der Waals surface area contributed by atoms with Crippen LogP contribution in [0.25, 0.3) is 0 Å². The molecular formula is C13H20N2O4. The molecule has 1 atom stereocenters. The van der Waals surface area contributed by atoms with Crippen LogP contribution in [0.5, 0.6) is 0 Å². The van der Waals surface area contributed by atoms with Crippen molar-refractivity contribution in [3.8, 4) is 0 Å². The lowest BCUT2D eigenvalue weighted by molar-refractivity contribution is -0.137. The number of isocyanates is 2. The molecule has 0 heterocycles. The van der Waals surface area contributed by atoms with E-state index in [1.54, 1.807) is 0 Å². The van der Waals surface area contributed by atoms with Crippen LogP contribution in [0.15, 0.2) is 9.98 Å². The van der Waals surface area contributed by atoms with E-state index in [0.29, 0.717) is 19.3 Å². The Morgan fingerprint density at radius 1 is 1.11 bits per heavy atom. The zero-order valence-electron chi connectivity index (χ0n) is 11.2. The first-order valence-corrected chi connectivity index (χ1v) is 6.51. The van der Waals surface area contributed by atoms with Crippen LogP contribution in [0, 0.1) is 5.92 Å². The molecule has 6 nitrogen and oxygen atoms in total. The third-order valence-corrected chi connectivity index (χ3v) is 2.94. The molecule has 0 amide bonds. The topological polar surface area (TPSA) is 96.2 Å². The van der Waals surface area contributed by atoms with E-state index >= 15 is 0 Å². The fourth-order valence-electron chi connectivity index (χ4n) is 1.94. The van der Waals surface area contributed by atoms with Gasteiger partial charge in [0.2, 0.25) is 12.2 Å². The van der Waals surface area contributed by atoms with Gasteiger partial charge in [-0.1, -0.05) is 26.2 Å². The van der Waals surface area contributed by atoms with E-state index in [2.05, 4.69) is 9.98 Å². The predicted octanol–water partition coefficient (Wildman–Crippen LogP) is 2.44. The molecule has 6 heteroatoms.